The first-order valence-corrected chi connectivity index (χ1v) is 23.1. The standard InChI is InChI=1S/C49H86O6/c1-4-7-10-13-16-19-22-24-25-26-28-30-33-36-39-42-48(51)54-45-46(44-53-47(50)41-38-35-32-29-21-18-15-12-9-6-3)55-49(52)43-40-37-34-31-27-23-20-17-14-11-8-5-2/h8,11,17,19-20,22,27,31,46H,4-7,9-10,12-16,18,21,23-26,28-30,32-45H2,1-3H3/b11-8-,20-17-,22-19-,31-27-. The molecule has 0 aliphatic carbocycles. The van der Waals surface area contributed by atoms with E-state index < -0.39 is 6.10 Å². The fraction of sp³-hybridized carbons (Fsp3) is 0.776. The summed E-state index contributed by atoms with van der Waals surface area (Å²) in [4.78, 5) is 37.7. The van der Waals surface area contributed by atoms with Crippen molar-refractivity contribution in [3.63, 3.8) is 0 Å². The minimum absolute atomic E-state index is 0.0884. The Kier molecular flexibility index (Phi) is 42.0. The van der Waals surface area contributed by atoms with Gasteiger partial charge in [-0.25, -0.2) is 0 Å². The molecule has 0 saturated heterocycles. The molecule has 55 heavy (non-hydrogen) atoms. The maximum Gasteiger partial charge on any atom is 0.306 e. The van der Waals surface area contributed by atoms with Gasteiger partial charge in [0.25, 0.3) is 0 Å². The van der Waals surface area contributed by atoms with Crippen LogP contribution >= 0.6 is 0 Å². The van der Waals surface area contributed by atoms with Crippen LogP contribution in [0, 0.1) is 0 Å². The predicted molar refractivity (Wildman–Crippen MR) is 233 cm³/mol. The fourth-order valence-corrected chi connectivity index (χ4v) is 6.33. The summed E-state index contributed by atoms with van der Waals surface area (Å²) in [6, 6.07) is 0. The van der Waals surface area contributed by atoms with Crippen LogP contribution in [0.25, 0.3) is 0 Å². The molecule has 6 heteroatoms. The molecule has 0 aliphatic rings. The van der Waals surface area contributed by atoms with Gasteiger partial charge in [0.2, 0.25) is 0 Å². The molecule has 0 aliphatic heterocycles. The number of carbonyl (C=O) groups excluding carboxylic acids is 3. The monoisotopic (exact) mass is 771 g/mol. The molecule has 318 valence electrons. The molecule has 6 nitrogen and oxygen atoms in total. The van der Waals surface area contributed by atoms with Crippen molar-refractivity contribution in [2.45, 2.75) is 232 Å². The zero-order valence-corrected chi connectivity index (χ0v) is 36.2. The summed E-state index contributed by atoms with van der Waals surface area (Å²) < 4.78 is 16.7. The van der Waals surface area contributed by atoms with Gasteiger partial charge in [-0.1, -0.05) is 179 Å². The second-order valence-corrected chi connectivity index (χ2v) is 15.3. The Bertz CT molecular complexity index is 980. The van der Waals surface area contributed by atoms with E-state index in [1.165, 1.54) is 109 Å². The van der Waals surface area contributed by atoms with Crippen molar-refractivity contribution >= 4 is 17.9 Å². The third-order valence-electron chi connectivity index (χ3n) is 9.82. The van der Waals surface area contributed by atoms with Gasteiger partial charge in [0.1, 0.15) is 13.2 Å². The van der Waals surface area contributed by atoms with Crippen LogP contribution in [0.4, 0.5) is 0 Å². The van der Waals surface area contributed by atoms with Crippen LogP contribution in [0.3, 0.4) is 0 Å². The Labute approximate surface area is 339 Å². The molecule has 0 radical (unpaired) electrons. The van der Waals surface area contributed by atoms with Gasteiger partial charge >= 0.3 is 17.9 Å². The topological polar surface area (TPSA) is 78.9 Å². The molecule has 0 rings (SSSR count). The number of hydrogen-bond acceptors (Lipinski definition) is 6. The van der Waals surface area contributed by atoms with Crippen molar-refractivity contribution in [1.29, 1.82) is 0 Å². The third-order valence-corrected chi connectivity index (χ3v) is 9.82. The van der Waals surface area contributed by atoms with Gasteiger partial charge in [0.05, 0.1) is 0 Å². The zero-order valence-electron chi connectivity index (χ0n) is 36.2. The second-order valence-electron chi connectivity index (χ2n) is 15.3. The molecule has 0 spiro atoms. The number of carbonyl (C=O) groups is 3. The molecule has 0 fully saturated rings. The van der Waals surface area contributed by atoms with Crippen molar-refractivity contribution < 1.29 is 28.6 Å². The van der Waals surface area contributed by atoms with E-state index in [1.807, 2.05) is 0 Å². The van der Waals surface area contributed by atoms with Crippen molar-refractivity contribution in [1.82, 2.24) is 0 Å². The Morgan fingerprint density at radius 1 is 0.382 bits per heavy atom. The van der Waals surface area contributed by atoms with Gasteiger partial charge < -0.3 is 14.2 Å². The van der Waals surface area contributed by atoms with E-state index in [9.17, 15) is 14.4 Å². The van der Waals surface area contributed by atoms with E-state index in [0.717, 1.165) is 70.6 Å². The average molecular weight is 771 g/mol. The number of rotatable bonds is 41. The van der Waals surface area contributed by atoms with Gasteiger partial charge in [-0.2, -0.15) is 0 Å². The fourth-order valence-electron chi connectivity index (χ4n) is 6.33. The van der Waals surface area contributed by atoms with Crippen LogP contribution in [0.1, 0.15) is 226 Å². The number of allylic oxidation sites excluding steroid dienone is 8. The maximum absolute atomic E-state index is 12.7. The third kappa shape index (κ3) is 42.4. The second kappa shape index (κ2) is 44.1. The Morgan fingerprint density at radius 3 is 1.18 bits per heavy atom. The van der Waals surface area contributed by atoms with Crippen molar-refractivity contribution in [2.75, 3.05) is 13.2 Å². The van der Waals surface area contributed by atoms with Crippen LogP contribution in [-0.2, 0) is 28.6 Å². The molecule has 0 aromatic heterocycles. The quantitative estimate of drug-likeness (QED) is 0.0267. The number of esters is 3. The highest BCUT2D eigenvalue weighted by Crippen LogP contribution is 2.14. The molecule has 1 unspecified atom stereocenters. The first-order valence-electron chi connectivity index (χ1n) is 23.1. The highest BCUT2D eigenvalue weighted by Gasteiger charge is 2.19. The summed E-state index contributed by atoms with van der Waals surface area (Å²) in [5, 5.41) is 0. The number of ether oxygens (including phenoxy) is 3. The Hall–Kier alpha value is -2.63. The van der Waals surface area contributed by atoms with Crippen LogP contribution in [0.2, 0.25) is 0 Å². The Morgan fingerprint density at radius 2 is 0.709 bits per heavy atom. The molecule has 0 aromatic rings. The average Bonchev–Trinajstić information content (AvgIpc) is 3.18. The summed E-state index contributed by atoms with van der Waals surface area (Å²) in [5.41, 5.74) is 0. The van der Waals surface area contributed by atoms with Gasteiger partial charge in [0, 0.05) is 19.3 Å². The normalized spacial score (nSPS) is 12.4. The smallest absolute Gasteiger partial charge is 0.306 e. The van der Waals surface area contributed by atoms with Gasteiger partial charge in [0.15, 0.2) is 6.10 Å². The van der Waals surface area contributed by atoms with E-state index in [-0.39, 0.29) is 37.5 Å². The van der Waals surface area contributed by atoms with Gasteiger partial charge in [-0.15, -0.1) is 0 Å². The number of unbranched alkanes of at least 4 members (excludes halogenated alkanes) is 22. The SMILES string of the molecule is CC/C=C\C/C=C\C/C=C\CCCCC(=O)OC(COC(=O)CCCCCCCCC/C=C\CCCCCC)COC(=O)CCCCCCCCCCCC. The molecule has 0 aromatic carbocycles. The summed E-state index contributed by atoms with van der Waals surface area (Å²) in [6.07, 6.45) is 51.0. The maximum atomic E-state index is 12.7. The van der Waals surface area contributed by atoms with Gasteiger partial charge in [-0.05, 0) is 77.0 Å². The summed E-state index contributed by atoms with van der Waals surface area (Å²) >= 11 is 0. The largest absolute Gasteiger partial charge is 0.462 e. The Balaban J connectivity index is 4.40. The van der Waals surface area contributed by atoms with Crippen molar-refractivity contribution in [3.8, 4) is 0 Å². The minimum atomic E-state index is -0.789. The highest BCUT2D eigenvalue weighted by molar-refractivity contribution is 5.71. The lowest BCUT2D eigenvalue weighted by atomic mass is 10.1. The van der Waals surface area contributed by atoms with E-state index in [2.05, 4.69) is 69.4 Å². The van der Waals surface area contributed by atoms with Crippen molar-refractivity contribution in [3.05, 3.63) is 48.6 Å². The highest BCUT2D eigenvalue weighted by atomic mass is 16.6. The van der Waals surface area contributed by atoms with Crippen LogP contribution in [0.5, 0.6) is 0 Å². The molecule has 0 N–H and O–H groups in total. The predicted octanol–water partition coefficient (Wildman–Crippen LogP) is 14.8. The van der Waals surface area contributed by atoms with Gasteiger partial charge in [-0.3, -0.25) is 14.4 Å². The van der Waals surface area contributed by atoms with Crippen molar-refractivity contribution in [2.24, 2.45) is 0 Å². The lowest BCUT2D eigenvalue weighted by molar-refractivity contribution is -0.167. The van der Waals surface area contributed by atoms with E-state index in [0.29, 0.717) is 19.3 Å². The van der Waals surface area contributed by atoms with Crippen LogP contribution in [-0.4, -0.2) is 37.2 Å². The molecular formula is C49H86O6. The molecule has 0 saturated carbocycles. The van der Waals surface area contributed by atoms with Crippen LogP contribution in [0.15, 0.2) is 48.6 Å². The lowest BCUT2D eigenvalue weighted by Gasteiger charge is -2.18. The lowest BCUT2D eigenvalue weighted by Crippen LogP contribution is -2.30. The number of hydrogen-bond donors (Lipinski definition) is 0. The molecular weight excluding hydrogens is 685 g/mol. The van der Waals surface area contributed by atoms with Crippen LogP contribution < -0.4 is 0 Å². The first kappa shape index (κ1) is 52.4. The molecule has 0 amide bonds. The summed E-state index contributed by atoms with van der Waals surface area (Å²) in [5.74, 6) is -0.934. The summed E-state index contributed by atoms with van der Waals surface area (Å²) in [6.45, 7) is 6.45. The minimum Gasteiger partial charge on any atom is -0.462 e. The van der Waals surface area contributed by atoms with E-state index >= 15 is 0 Å². The summed E-state index contributed by atoms with van der Waals surface area (Å²) in [7, 11) is 0. The zero-order chi connectivity index (χ0) is 40.1. The molecule has 0 bridgehead atoms. The molecule has 1 atom stereocenters. The first-order chi connectivity index (χ1) is 27.0. The van der Waals surface area contributed by atoms with E-state index in [4.69, 9.17) is 14.2 Å². The van der Waals surface area contributed by atoms with E-state index in [1.54, 1.807) is 0 Å². The molecule has 0 heterocycles.